The molecule has 1 fully saturated rings. The number of nitrogens with one attached hydrogen (secondary N) is 1. The van der Waals surface area contributed by atoms with Crippen LogP contribution >= 0.6 is 0 Å². The van der Waals surface area contributed by atoms with Crippen molar-refractivity contribution >= 4 is 29.2 Å². The Morgan fingerprint density at radius 1 is 1.31 bits per heavy atom. The third-order valence-corrected chi connectivity index (χ3v) is 6.34. The Bertz CT molecular complexity index is 1430. The second-order valence-electron chi connectivity index (χ2n) is 9.57. The van der Waals surface area contributed by atoms with E-state index in [1.807, 2.05) is 19.9 Å². The largest absolute Gasteiger partial charge is 0.492 e. The summed E-state index contributed by atoms with van der Waals surface area (Å²) < 4.78 is 2.69. The summed E-state index contributed by atoms with van der Waals surface area (Å²) in [5, 5.41) is 18.1. The van der Waals surface area contributed by atoms with Gasteiger partial charge in [-0.3, -0.25) is 23.9 Å². The summed E-state index contributed by atoms with van der Waals surface area (Å²) in [6.45, 7) is 6.54. The zero-order valence-corrected chi connectivity index (χ0v) is 20.0. The molecule has 3 aromatic rings. The van der Waals surface area contributed by atoms with Gasteiger partial charge >= 0.3 is 0 Å². The van der Waals surface area contributed by atoms with Crippen LogP contribution in [0.1, 0.15) is 53.9 Å². The number of anilines is 1. The average molecular weight is 477 g/mol. The minimum atomic E-state index is -0.600. The highest BCUT2D eigenvalue weighted by atomic mass is 16.3. The Balaban J connectivity index is 1.58. The van der Waals surface area contributed by atoms with E-state index >= 15 is 0 Å². The van der Waals surface area contributed by atoms with Crippen LogP contribution in [0.2, 0.25) is 0 Å². The van der Waals surface area contributed by atoms with Crippen molar-refractivity contribution in [1.82, 2.24) is 24.5 Å². The normalized spacial score (nSPS) is 15.4. The zero-order valence-electron chi connectivity index (χ0n) is 20.0. The number of fused-ring (bicyclic) bond motifs is 2. The van der Waals surface area contributed by atoms with Crippen LogP contribution in [0.25, 0.3) is 11.7 Å². The smallest absolute Gasteiger partial charge is 0.270 e. The van der Waals surface area contributed by atoms with Gasteiger partial charge in [-0.05, 0) is 49.8 Å². The first-order valence-corrected chi connectivity index (χ1v) is 11.8. The van der Waals surface area contributed by atoms with E-state index < -0.39 is 17.3 Å². The van der Waals surface area contributed by atoms with E-state index in [9.17, 15) is 19.5 Å². The molecule has 10 heteroatoms. The third-order valence-electron chi connectivity index (χ3n) is 6.34. The van der Waals surface area contributed by atoms with Gasteiger partial charge in [-0.25, -0.2) is 0 Å². The second-order valence-corrected chi connectivity index (χ2v) is 9.57. The predicted octanol–water partition coefficient (Wildman–Crippen LogP) is 2.06. The van der Waals surface area contributed by atoms with Crippen LogP contribution in [0.15, 0.2) is 29.3 Å². The number of rotatable bonds is 6. The lowest BCUT2D eigenvalue weighted by atomic mass is 10.1. The summed E-state index contributed by atoms with van der Waals surface area (Å²) in [6.07, 6.45) is 8.97. The lowest BCUT2D eigenvalue weighted by molar-refractivity contribution is -0.114. The summed E-state index contributed by atoms with van der Waals surface area (Å²) >= 11 is 0. The Labute approximate surface area is 201 Å². The molecule has 2 aliphatic rings. The number of nitrogens with zero attached hydrogens (tertiary/aromatic N) is 5. The van der Waals surface area contributed by atoms with Gasteiger partial charge in [-0.2, -0.15) is 9.61 Å². The molecule has 4 heterocycles. The van der Waals surface area contributed by atoms with E-state index in [1.165, 1.54) is 15.2 Å². The minimum Gasteiger partial charge on any atom is -0.492 e. The highest BCUT2D eigenvalue weighted by molar-refractivity contribution is 6.05. The maximum absolute atomic E-state index is 13.4. The highest BCUT2D eigenvalue weighted by Crippen LogP contribution is 2.28. The summed E-state index contributed by atoms with van der Waals surface area (Å²) in [5.74, 6) is -1.21. The first-order chi connectivity index (χ1) is 16.8. The number of aromatic hydroxyl groups is 1. The Kier molecular flexibility index (Phi) is 5.66. The van der Waals surface area contributed by atoms with Crippen molar-refractivity contribution in [2.45, 2.75) is 52.6 Å². The van der Waals surface area contributed by atoms with Gasteiger partial charge < -0.3 is 15.3 Å². The molecule has 182 valence electrons. The third kappa shape index (κ3) is 4.09. The minimum absolute atomic E-state index is 0.0332. The number of amides is 2. The molecule has 0 radical (unpaired) electrons. The van der Waals surface area contributed by atoms with Gasteiger partial charge in [0.2, 0.25) is 5.88 Å². The molecule has 5 rings (SSSR count). The number of aromatic nitrogens is 4. The van der Waals surface area contributed by atoms with Gasteiger partial charge in [0, 0.05) is 43.2 Å². The number of aryl methyl sites for hydroxylation is 1. The van der Waals surface area contributed by atoms with Crippen molar-refractivity contribution in [1.29, 1.82) is 0 Å². The van der Waals surface area contributed by atoms with E-state index in [0.717, 1.165) is 30.5 Å². The standard InChI is InChI=1S/C25H28N6O4/c1-14(2)13-30-23-18(6-7-20(32)29-11-9-16-12-26-10-8-19(16)29)15(3)28-31(23)25(35)21(24(30)34)22(33)27-17-4-5-17/h6-8,10,12,14,17,35H,4-5,9,11,13H2,1-3H3,(H,27,33). The summed E-state index contributed by atoms with van der Waals surface area (Å²) in [4.78, 5) is 45.0. The number of hydrogen-bond acceptors (Lipinski definition) is 6. The van der Waals surface area contributed by atoms with Gasteiger partial charge in [0.15, 0.2) is 5.56 Å². The quantitative estimate of drug-likeness (QED) is 0.525. The SMILES string of the molecule is Cc1nn2c(O)c(C(=O)NC3CC3)c(=O)n(CC(C)C)c2c1C=CC(=O)N1CCc2cnccc21. The Morgan fingerprint density at radius 3 is 2.80 bits per heavy atom. The molecule has 1 aliphatic heterocycles. The van der Waals surface area contributed by atoms with E-state index in [4.69, 9.17) is 0 Å². The summed E-state index contributed by atoms with van der Waals surface area (Å²) in [7, 11) is 0. The first-order valence-electron chi connectivity index (χ1n) is 11.8. The molecule has 1 saturated carbocycles. The lowest BCUT2D eigenvalue weighted by Crippen LogP contribution is -2.36. The lowest BCUT2D eigenvalue weighted by Gasteiger charge is -2.16. The maximum atomic E-state index is 13.4. The fourth-order valence-electron chi connectivity index (χ4n) is 4.48. The molecule has 0 aromatic carbocycles. The number of carbonyl (C=O) groups is 2. The van der Waals surface area contributed by atoms with Crippen LogP contribution in [0.5, 0.6) is 5.88 Å². The highest BCUT2D eigenvalue weighted by Gasteiger charge is 2.30. The van der Waals surface area contributed by atoms with Crippen molar-refractivity contribution in [3.05, 3.63) is 57.3 Å². The Hall–Kier alpha value is -3.95. The van der Waals surface area contributed by atoms with Gasteiger partial charge in [-0.15, -0.1) is 0 Å². The second kappa shape index (κ2) is 8.68. The van der Waals surface area contributed by atoms with E-state index in [0.29, 0.717) is 30.0 Å². The van der Waals surface area contributed by atoms with Crippen molar-refractivity contribution in [3.63, 3.8) is 0 Å². The van der Waals surface area contributed by atoms with E-state index in [1.54, 1.807) is 30.3 Å². The van der Waals surface area contributed by atoms with E-state index in [-0.39, 0.29) is 23.4 Å². The molecule has 0 atom stereocenters. The summed E-state index contributed by atoms with van der Waals surface area (Å²) in [6, 6.07) is 1.85. The molecular weight excluding hydrogens is 448 g/mol. The van der Waals surface area contributed by atoms with Crippen LogP contribution in [-0.2, 0) is 17.8 Å². The topological polar surface area (TPSA) is 122 Å². The molecule has 1 aliphatic carbocycles. The van der Waals surface area contributed by atoms with E-state index in [2.05, 4.69) is 15.4 Å². The van der Waals surface area contributed by atoms with Crippen LogP contribution in [0.4, 0.5) is 5.69 Å². The van der Waals surface area contributed by atoms with Crippen LogP contribution in [-0.4, -0.2) is 48.7 Å². The molecular formula is C25H28N6O4. The summed E-state index contributed by atoms with van der Waals surface area (Å²) in [5.41, 5.74) is 2.37. The first kappa shape index (κ1) is 22.8. The molecule has 3 aromatic heterocycles. The van der Waals surface area contributed by atoms with Crippen LogP contribution in [0, 0.1) is 12.8 Å². The molecule has 0 saturated heterocycles. The monoisotopic (exact) mass is 476 g/mol. The molecule has 0 bridgehead atoms. The Morgan fingerprint density at radius 2 is 2.09 bits per heavy atom. The van der Waals surface area contributed by atoms with Crippen molar-refractivity contribution in [2.75, 3.05) is 11.4 Å². The van der Waals surface area contributed by atoms with Crippen LogP contribution in [0.3, 0.4) is 0 Å². The van der Waals surface area contributed by atoms with Gasteiger partial charge in [-0.1, -0.05) is 13.8 Å². The number of carbonyl (C=O) groups excluding carboxylic acids is 2. The fourth-order valence-corrected chi connectivity index (χ4v) is 4.48. The zero-order chi connectivity index (χ0) is 24.9. The van der Waals surface area contributed by atoms with Crippen LogP contribution < -0.4 is 15.8 Å². The van der Waals surface area contributed by atoms with Crippen molar-refractivity contribution < 1.29 is 14.7 Å². The molecule has 0 spiro atoms. The predicted molar refractivity (Wildman–Crippen MR) is 131 cm³/mol. The molecule has 35 heavy (non-hydrogen) atoms. The fraction of sp³-hybridized carbons (Fsp3) is 0.400. The molecule has 2 amide bonds. The van der Waals surface area contributed by atoms with Gasteiger partial charge in [0.05, 0.1) is 11.4 Å². The number of pyridine rings is 1. The van der Waals surface area contributed by atoms with Crippen molar-refractivity contribution in [2.24, 2.45) is 5.92 Å². The van der Waals surface area contributed by atoms with Gasteiger partial charge in [0.25, 0.3) is 17.4 Å². The van der Waals surface area contributed by atoms with Gasteiger partial charge in [0.1, 0.15) is 5.65 Å². The number of hydrogen-bond donors (Lipinski definition) is 2. The molecule has 2 N–H and O–H groups in total. The molecule has 0 unspecified atom stereocenters. The molecule has 10 nitrogen and oxygen atoms in total. The average Bonchev–Trinajstić information content (AvgIpc) is 3.41. The van der Waals surface area contributed by atoms with Crippen molar-refractivity contribution in [3.8, 4) is 5.88 Å². The maximum Gasteiger partial charge on any atom is 0.270 e.